The molecule has 0 radical (unpaired) electrons. The molecular formula is C10H14N2O5S. The van der Waals surface area contributed by atoms with Gasteiger partial charge in [0.05, 0.1) is 24.8 Å². The summed E-state index contributed by atoms with van der Waals surface area (Å²) in [6.07, 6.45) is 0. The van der Waals surface area contributed by atoms with Gasteiger partial charge in [-0.05, 0) is 18.2 Å². The van der Waals surface area contributed by atoms with Crippen LogP contribution in [0, 0.1) is 0 Å². The number of benzene rings is 1. The summed E-state index contributed by atoms with van der Waals surface area (Å²) in [7, 11) is -1.16. The van der Waals surface area contributed by atoms with Crippen LogP contribution < -0.4 is 14.9 Å². The van der Waals surface area contributed by atoms with Crippen molar-refractivity contribution in [2.45, 2.75) is 11.8 Å². The summed E-state index contributed by atoms with van der Waals surface area (Å²) in [4.78, 5) is 17.2. The van der Waals surface area contributed by atoms with Gasteiger partial charge in [0, 0.05) is 6.92 Å². The smallest absolute Gasteiger partial charge is 0.262 e. The lowest BCUT2D eigenvalue weighted by Gasteiger charge is -2.11. The van der Waals surface area contributed by atoms with Gasteiger partial charge in [0.15, 0.2) is 0 Å². The minimum atomic E-state index is -3.77. The van der Waals surface area contributed by atoms with Crippen LogP contribution in [-0.2, 0) is 19.7 Å². The molecule has 1 aromatic carbocycles. The molecule has 8 heteroatoms. The van der Waals surface area contributed by atoms with Crippen molar-refractivity contribution in [3.63, 3.8) is 0 Å². The number of hydrogen-bond donors (Lipinski definition) is 2. The molecule has 2 N–H and O–H groups in total. The van der Waals surface area contributed by atoms with Crippen LogP contribution in [0.5, 0.6) is 5.75 Å². The summed E-state index contributed by atoms with van der Waals surface area (Å²) in [5.74, 6) is 0.0316. The fraction of sp³-hybridized carbons (Fsp3) is 0.300. The van der Waals surface area contributed by atoms with E-state index in [9.17, 15) is 13.2 Å². The number of carbonyl (C=O) groups is 1. The zero-order valence-electron chi connectivity index (χ0n) is 10.2. The average molecular weight is 274 g/mol. The second kappa shape index (κ2) is 5.80. The molecule has 0 aliphatic carbocycles. The molecule has 0 unspecified atom stereocenters. The molecule has 1 amide bonds. The zero-order valence-corrected chi connectivity index (χ0v) is 11.0. The highest BCUT2D eigenvalue weighted by molar-refractivity contribution is 7.89. The van der Waals surface area contributed by atoms with Gasteiger partial charge in [-0.15, -0.1) is 0 Å². The quantitative estimate of drug-likeness (QED) is 0.762. The first-order chi connectivity index (χ1) is 8.40. The number of carbonyl (C=O) groups excluding carboxylic acids is 1. The summed E-state index contributed by atoms with van der Waals surface area (Å²) in [5, 5.41) is 2.48. The van der Waals surface area contributed by atoms with Crippen LogP contribution in [0.2, 0.25) is 0 Å². The van der Waals surface area contributed by atoms with Crippen LogP contribution in [0.25, 0.3) is 0 Å². The van der Waals surface area contributed by atoms with Gasteiger partial charge >= 0.3 is 0 Å². The first kappa shape index (κ1) is 14.4. The van der Waals surface area contributed by atoms with Crippen molar-refractivity contribution in [3.8, 4) is 5.75 Å². The lowest BCUT2D eigenvalue weighted by Crippen LogP contribution is -2.22. The molecule has 0 saturated heterocycles. The second-order valence-corrected chi connectivity index (χ2v) is 4.98. The lowest BCUT2D eigenvalue weighted by atomic mass is 10.3. The van der Waals surface area contributed by atoms with Crippen LogP contribution >= 0.6 is 0 Å². The summed E-state index contributed by atoms with van der Waals surface area (Å²) in [5.41, 5.74) is 0.268. The van der Waals surface area contributed by atoms with Gasteiger partial charge in [0.2, 0.25) is 5.91 Å². The van der Waals surface area contributed by atoms with Crippen molar-refractivity contribution < 1.29 is 22.8 Å². The largest absolute Gasteiger partial charge is 0.495 e. The number of methoxy groups -OCH3 is 1. The maximum absolute atomic E-state index is 11.7. The molecule has 0 aliphatic heterocycles. The molecule has 0 aromatic heterocycles. The van der Waals surface area contributed by atoms with Crippen LogP contribution in [0.4, 0.5) is 5.69 Å². The maximum Gasteiger partial charge on any atom is 0.262 e. The Kier molecular flexibility index (Phi) is 4.65. The van der Waals surface area contributed by atoms with Crippen molar-refractivity contribution in [2.24, 2.45) is 0 Å². The molecular weight excluding hydrogens is 260 g/mol. The number of sulfonamides is 1. The third-order valence-corrected chi connectivity index (χ3v) is 3.25. The Bertz CT molecular complexity index is 541. The maximum atomic E-state index is 11.7. The summed E-state index contributed by atoms with van der Waals surface area (Å²) in [6.45, 7) is 1.31. The van der Waals surface area contributed by atoms with E-state index >= 15 is 0 Å². The van der Waals surface area contributed by atoms with Crippen molar-refractivity contribution in [3.05, 3.63) is 18.2 Å². The topological polar surface area (TPSA) is 93.7 Å². The number of rotatable bonds is 5. The molecule has 0 bridgehead atoms. The molecule has 1 aromatic rings. The highest BCUT2D eigenvalue weighted by Gasteiger charge is 2.16. The van der Waals surface area contributed by atoms with Gasteiger partial charge in [0.1, 0.15) is 5.75 Å². The second-order valence-electron chi connectivity index (χ2n) is 3.33. The Morgan fingerprint density at radius 3 is 2.44 bits per heavy atom. The number of nitrogens with one attached hydrogen (secondary N) is 2. The van der Waals surface area contributed by atoms with E-state index in [1.165, 1.54) is 39.3 Å². The van der Waals surface area contributed by atoms with Gasteiger partial charge < -0.3 is 10.1 Å². The predicted octanol–water partition coefficient (Wildman–Crippen LogP) is 0.493. The van der Waals surface area contributed by atoms with E-state index in [0.29, 0.717) is 5.75 Å². The van der Waals surface area contributed by atoms with E-state index in [2.05, 4.69) is 10.2 Å². The highest BCUT2D eigenvalue weighted by atomic mass is 32.2. The van der Waals surface area contributed by atoms with Crippen molar-refractivity contribution in [2.75, 3.05) is 19.5 Å². The van der Waals surface area contributed by atoms with Crippen LogP contribution in [0.3, 0.4) is 0 Å². The number of amides is 1. The summed E-state index contributed by atoms with van der Waals surface area (Å²) >= 11 is 0. The molecule has 0 saturated carbocycles. The first-order valence-corrected chi connectivity index (χ1v) is 6.39. The molecule has 0 fully saturated rings. The molecule has 0 spiro atoms. The predicted molar refractivity (Wildman–Crippen MR) is 64.6 cm³/mol. The van der Waals surface area contributed by atoms with E-state index in [-0.39, 0.29) is 16.5 Å². The molecule has 7 nitrogen and oxygen atoms in total. The third-order valence-electron chi connectivity index (χ3n) is 1.98. The molecule has 0 aliphatic rings. The standard InChI is InChI=1S/C10H14N2O5S/c1-7(13)11-9-6-8(4-5-10(9)16-2)18(14,15)12-17-3/h4-6,12H,1-3H3,(H,11,13). The van der Waals surface area contributed by atoms with Crippen molar-refractivity contribution in [1.82, 2.24) is 4.89 Å². The van der Waals surface area contributed by atoms with Crippen molar-refractivity contribution >= 4 is 21.6 Å². The van der Waals surface area contributed by atoms with E-state index in [0.717, 1.165) is 0 Å². The number of hydrogen-bond acceptors (Lipinski definition) is 5. The Balaban J connectivity index is 3.22. The first-order valence-electron chi connectivity index (χ1n) is 4.91. The molecule has 0 atom stereocenters. The molecule has 1 rings (SSSR count). The van der Waals surface area contributed by atoms with Gasteiger partial charge in [-0.25, -0.2) is 8.42 Å². The summed E-state index contributed by atoms with van der Waals surface area (Å²) < 4.78 is 28.4. The normalized spacial score (nSPS) is 11.1. The Labute approximate surface area is 105 Å². The van der Waals surface area contributed by atoms with Gasteiger partial charge in [-0.2, -0.15) is 0 Å². The average Bonchev–Trinajstić information content (AvgIpc) is 2.28. The number of anilines is 1. The van der Waals surface area contributed by atoms with E-state index in [1.54, 1.807) is 0 Å². The lowest BCUT2D eigenvalue weighted by molar-refractivity contribution is -0.114. The monoisotopic (exact) mass is 274 g/mol. The van der Waals surface area contributed by atoms with Gasteiger partial charge in [0.25, 0.3) is 10.0 Å². The molecule has 100 valence electrons. The van der Waals surface area contributed by atoms with Crippen LogP contribution in [0.15, 0.2) is 23.1 Å². The van der Waals surface area contributed by atoms with Gasteiger partial charge in [-0.3, -0.25) is 9.63 Å². The Morgan fingerprint density at radius 2 is 1.94 bits per heavy atom. The van der Waals surface area contributed by atoms with E-state index < -0.39 is 10.0 Å². The summed E-state index contributed by atoms with van der Waals surface area (Å²) in [6, 6.07) is 4.06. The highest BCUT2D eigenvalue weighted by Crippen LogP contribution is 2.27. The Hall–Kier alpha value is -1.64. The number of ether oxygens (including phenoxy) is 1. The van der Waals surface area contributed by atoms with Crippen molar-refractivity contribution in [1.29, 1.82) is 0 Å². The minimum absolute atomic E-state index is 0.0473. The van der Waals surface area contributed by atoms with Crippen LogP contribution in [0.1, 0.15) is 6.92 Å². The van der Waals surface area contributed by atoms with Gasteiger partial charge in [-0.1, -0.05) is 4.89 Å². The fourth-order valence-corrected chi connectivity index (χ4v) is 2.14. The molecule has 18 heavy (non-hydrogen) atoms. The third kappa shape index (κ3) is 3.42. The SMILES string of the molecule is CONS(=O)(=O)c1ccc(OC)c(NC(C)=O)c1. The molecule has 0 heterocycles. The minimum Gasteiger partial charge on any atom is -0.495 e. The van der Waals surface area contributed by atoms with E-state index in [1.807, 2.05) is 4.89 Å². The Morgan fingerprint density at radius 1 is 1.28 bits per heavy atom. The zero-order chi connectivity index (χ0) is 13.8. The fourth-order valence-electron chi connectivity index (χ4n) is 1.30. The van der Waals surface area contributed by atoms with Crippen LogP contribution in [-0.4, -0.2) is 28.5 Å². The van der Waals surface area contributed by atoms with E-state index in [4.69, 9.17) is 4.74 Å².